The third-order valence-corrected chi connectivity index (χ3v) is 6.08. The van der Waals surface area contributed by atoms with Crippen LogP contribution in [0.25, 0.3) is 0 Å². The number of amides is 1. The van der Waals surface area contributed by atoms with Crippen molar-refractivity contribution in [1.29, 1.82) is 0 Å². The smallest absolute Gasteiger partial charge is 0.261 e. The van der Waals surface area contributed by atoms with Crippen molar-refractivity contribution in [2.75, 3.05) is 10.0 Å². The van der Waals surface area contributed by atoms with Gasteiger partial charge in [-0.2, -0.15) is 4.98 Å². The topological polar surface area (TPSA) is 114 Å². The monoisotopic (exact) mass is 456 g/mol. The van der Waals surface area contributed by atoms with E-state index in [0.717, 1.165) is 5.56 Å². The summed E-state index contributed by atoms with van der Waals surface area (Å²) in [6.07, 6.45) is 1.40. The van der Waals surface area contributed by atoms with E-state index >= 15 is 0 Å². The molecule has 170 valence electrons. The van der Waals surface area contributed by atoms with Crippen LogP contribution in [0.2, 0.25) is 0 Å². The van der Waals surface area contributed by atoms with Crippen molar-refractivity contribution in [3.63, 3.8) is 0 Å². The number of rotatable bonds is 8. The lowest BCUT2D eigenvalue weighted by molar-refractivity contribution is -0.116. The summed E-state index contributed by atoms with van der Waals surface area (Å²) in [6.45, 7) is 7.92. The molecule has 0 unspecified atom stereocenters. The first kappa shape index (κ1) is 23.5. The predicted molar refractivity (Wildman–Crippen MR) is 123 cm³/mol. The number of hydrogen-bond acceptors (Lipinski definition) is 6. The van der Waals surface area contributed by atoms with Gasteiger partial charge in [0.2, 0.25) is 11.8 Å². The highest BCUT2D eigenvalue weighted by molar-refractivity contribution is 7.92. The number of carbonyl (C=O) groups excluding carboxylic acids is 1. The largest absolute Gasteiger partial charge is 0.339 e. The van der Waals surface area contributed by atoms with E-state index in [2.05, 4.69) is 20.2 Å². The zero-order valence-corrected chi connectivity index (χ0v) is 19.5. The summed E-state index contributed by atoms with van der Waals surface area (Å²) in [5.74, 6) is 1.02. The molecule has 0 aliphatic heterocycles. The quantitative estimate of drug-likeness (QED) is 0.518. The van der Waals surface area contributed by atoms with Crippen molar-refractivity contribution in [2.45, 2.75) is 57.3 Å². The fraction of sp³-hybridized carbons (Fsp3) is 0.348. The highest BCUT2D eigenvalue weighted by Gasteiger charge is 2.20. The fourth-order valence-corrected chi connectivity index (χ4v) is 3.90. The summed E-state index contributed by atoms with van der Waals surface area (Å²) in [6, 6.07) is 13.1. The lowest BCUT2D eigenvalue weighted by Crippen LogP contribution is -2.14. The predicted octanol–water partition coefficient (Wildman–Crippen LogP) is 4.44. The Hall–Kier alpha value is -3.20. The van der Waals surface area contributed by atoms with Crippen molar-refractivity contribution < 1.29 is 17.7 Å². The van der Waals surface area contributed by atoms with Gasteiger partial charge in [-0.05, 0) is 49.7 Å². The van der Waals surface area contributed by atoms with E-state index in [1.165, 1.54) is 0 Å². The van der Waals surface area contributed by atoms with Crippen LogP contribution in [0.3, 0.4) is 0 Å². The number of hydrogen-bond donors (Lipinski definition) is 2. The van der Waals surface area contributed by atoms with Gasteiger partial charge in [0.05, 0.1) is 4.90 Å². The van der Waals surface area contributed by atoms with Gasteiger partial charge >= 0.3 is 0 Å². The number of carbonyl (C=O) groups is 1. The molecule has 2 aromatic carbocycles. The molecule has 0 aliphatic rings. The summed E-state index contributed by atoms with van der Waals surface area (Å²) in [5.41, 5.74) is 1.80. The molecule has 3 aromatic rings. The maximum absolute atomic E-state index is 12.5. The Morgan fingerprint density at radius 1 is 1.00 bits per heavy atom. The molecule has 0 spiro atoms. The number of aromatic nitrogens is 2. The number of benzene rings is 2. The molecule has 3 rings (SSSR count). The highest BCUT2D eigenvalue weighted by Crippen LogP contribution is 2.20. The lowest BCUT2D eigenvalue weighted by Gasteiger charge is -2.10. The standard InChI is InChI=1S/C23H28N4O4S/c1-16-8-14-19(15-9-16)32(29,30)27-18-12-10-17(11-13-18)24-20(28)6-5-7-21-25-22(26-31-21)23(2,3)4/h8-15,27H,5-7H2,1-4H3,(H,24,28). The van der Waals surface area contributed by atoms with Crippen molar-refractivity contribution in [3.05, 3.63) is 65.8 Å². The van der Waals surface area contributed by atoms with Gasteiger partial charge in [-0.15, -0.1) is 0 Å². The molecule has 0 aliphatic carbocycles. The normalized spacial score (nSPS) is 11.9. The Labute approximate surface area is 188 Å². The van der Waals surface area contributed by atoms with Gasteiger partial charge in [-0.1, -0.05) is 43.6 Å². The first-order chi connectivity index (χ1) is 15.0. The first-order valence-corrected chi connectivity index (χ1v) is 11.8. The Morgan fingerprint density at radius 3 is 2.22 bits per heavy atom. The van der Waals surface area contributed by atoms with Gasteiger partial charge in [0.1, 0.15) is 0 Å². The van der Waals surface area contributed by atoms with Crippen molar-refractivity contribution in [3.8, 4) is 0 Å². The molecule has 1 amide bonds. The molecule has 0 fully saturated rings. The molecule has 2 N–H and O–H groups in total. The molecule has 9 heteroatoms. The van der Waals surface area contributed by atoms with E-state index in [1.54, 1.807) is 48.5 Å². The van der Waals surface area contributed by atoms with Crippen molar-refractivity contribution >= 4 is 27.3 Å². The van der Waals surface area contributed by atoms with Gasteiger partial charge in [-0.3, -0.25) is 9.52 Å². The third kappa shape index (κ3) is 6.40. The summed E-state index contributed by atoms with van der Waals surface area (Å²) < 4.78 is 32.7. The van der Waals surface area contributed by atoms with E-state index < -0.39 is 10.0 Å². The second-order valence-electron chi connectivity index (χ2n) is 8.66. The Morgan fingerprint density at radius 2 is 1.62 bits per heavy atom. The minimum atomic E-state index is -3.67. The summed E-state index contributed by atoms with van der Waals surface area (Å²) >= 11 is 0. The maximum Gasteiger partial charge on any atom is 0.261 e. The molecule has 1 heterocycles. The summed E-state index contributed by atoms with van der Waals surface area (Å²) in [5, 5.41) is 6.78. The average Bonchev–Trinajstić information content (AvgIpc) is 3.19. The van der Waals surface area contributed by atoms with Crippen LogP contribution in [0.5, 0.6) is 0 Å². The van der Waals surface area contributed by atoms with Gasteiger partial charge in [0.15, 0.2) is 5.82 Å². The van der Waals surface area contributed by atoms with Gasteiger partial charge in [0.25, 0.3) is 10.0 Å². The van der Waals surface area contributed by atoms with Gasteiger partial charge < -0.3 is 9.84 Å². The van der Waals surface area contributed by atoms with Crippen LogP contribution in [0.1, 0.15) is 50.9 Å². The fourth-order valence-electron chi connectivity index (χ4n) is 2.84. The molecule has 0 bridgehead atoms. The molecule has 0 atom stereocenters. The molecule has 1 aromatic heterocycles. The van der Waals surface area contributed by atoms with Gasteiger partial charge in [0, 0.05) is 29.6 Å². The third-order valence-electron chi connectivity index (χ3n) is 4.69. The molecule has 0 saturated carbocycles. The molecular formula is C23H28N4O4S. The molecule has 0 radical (unpaired) electrons. The van der Waals surface area contributed by atoms with Gasteiger partial charge in [-0.25, -0.2) is 8.42 Å². The first-order valence-electron chi connectivity index (χ1n) is 10.4. The molecule has 32 heavy (non-hydrogen) atoms. The minimum absolute atomic E-state index is 0.145. The van der Waals surface area contributed by atoms with E-state index in [-0.39, 0.29) is 16.2 Å². The average molecular weight is 457 g/mol. The summed E-state index contributed by atoms with van der Waals surface area (Å²) in [4.78, 5) is 16.8. The number of anilines is 2. The second kappa shape index (κ2) is 9.52. The lowest BCUT2D eigenvalue weighted by atomic mass is 9.96. The van der Waals surface area contributed by atoms with E-state index in [4.69, 9.17) is 4.52 Å². The van der Waals surface area contributed by atoms with Crippen molar-refractivity contribution in [2.24, 2.45) is 0 Å². The van der Waals surface area contributed by atoms with Crippen LogP contribution in [0.4, 0.5) is 11.4 Å². The zero-order chi connectivity index (χ0) is 23.4. The van der Waals surface area contributed by atoms with E-state index in [1.807, 2.05) is 27.7 Å². The van der Waals surface area contributed by atoms with Crippen LogP contribution in [-0.4, -0.2) is 24.5 Å². The zero-order valence-electron chi connectivity index (χ0n) is 18.7. The van der Waals surface area contributed by atoms with Crippen LogP contribution in [0.15, 0.2) is 57.9 Å². The minimum Gasteiger partial charge on any atom is -0.339 e. The Kier molecular flexibility index (Phi) is 6.98. The Balaban J connectivity index is 1.49. The SMILES string of the molecule is Cc1ccc(S(=O)(=O)Nc2ccc(NC(=O)CCCc3nc(C(C)(C)C)no3)cc2)cc1. The molecule has 0 saturated heterocycles. The van der Waals surface area contributed by atoms with Crippen LogP contribution < -0.4 is 10.0 Å². The summed E-state index contributed by atoms with van der Waals surface area (Å²) in [7, 11) is -3.67. The van der Waals surface area contributed by atoms with Crippen LogP contribution in [0, 0.1) is 6.92 Å². The van der Waals surface area contributed by atoms with Crippen LogP contribution in [-0.2, 0) is 26.7 Å². The molecule has 8 nitrogen and oxygen atoms in total. The van der Waals surface area contributed by atoms with E-state index in [0.29, 0.717) is 42.4 Å². The second-order valence-corrected chi connectivity index (χ2v) is 10.3. The number of sulfonamides is 1. The van der Waals surface area contributed by atoms with Crippen molar-refractivity contribution in [1.82, 2.24) is 10.1 Å². The number of nitrogens with one attached hydrogen (secondary N) is 2. The molecular weight excluding hydrogens is 428 g/mol. The number of aryl methyl sites for hydroxylation is 2. The van der Waals surface area contributed by atoms with E-state index in [9.17, 15) is 13.2 Å². The number of nitrogens with zero attached hydrogens (tertiary/aromatic N) is 2. The Bertz CT molecular complexity index is 1160. The maximum atomic E-state index is 12.5. The van der Waals surface area contributed by atoms with Crippen LogP contribution >= 0.6 is 0 Å². The highest BCUT2D eigenvalue weighted by atomic mass is 32.2.